The summed E-state index contributed by atoms with van der Waals surface area (Å²) in [5.74, 6) is 0.195. The summed E-state index contributed by atoms with van der Waals surface area (Å²) in [5, 5.41) is 15.2. The van der Waals surface area contributed by atoms with E-state index in [0.717, 1.165) is 17.4 Å². The molecule has 0 bridgehead atoms. The summed E-state index contributed by atoms with van der Waals surface area (Å²) in [4.78, 5) is 29.2. The summed E-state index contributed by atoms with van der Waals surface area (Å²) in [6, 6.07) is 4.41. The number of halogens is 1. The SMILES string of the molecule is CC(=O)N[C@@H]1CCN(c2nc3c(C)c(F)ccc3cc2[C@H](C)NC(=O)O)C1. The topological polar surface area (TPSA) is 94.6 Å². The molecule has 0 aliphatic carbocycles. The summed E-state index contributed by atoms with van der Waals surface area (Å²) in [6.07, 6.45) is -0.358. The van der Waals surface area contributed by atoms with Crippen molar-refractivity contribution in [2.75, 3.05) is 18.0 Å². The van der Waals surface area contributed by atoms with Gasteiger partial charge >= 0.3 is 6.09 Å². The van der Waals surface area contributed by atoms with Gasteiger partial charge in [-0.25, -0.2) is 14.2 Å². The zero-order valence-corrected chi connectivity index (χ0v) is 15.5. The predicted molar refractivity (Wildman–Crippen MR) is 100 cm³/mol. The zero-order chi connectivity index (χ0) is 19.7. The number of nitrogens with zero attached hydrogens (tertiary/aromatic N) is 2. The number of pyridine rings is 1. The number of aryl methyl sites for hydroxylation is 1. The zero-order valence-electron chi connectivity index (χ0n) is 15.5. The molecule has 1 saturated heterocycles. The van der Waals surface area contributed by atoms with Crippen molar-refractivity contribution in [3.8, 4) is 0 Å². The van der Waals surface area contributed by atoms with E-state index >= 15 is 0 Å². The third kappa shape index (κ3) is 3.94. The van der Waals surface area contributed by atoms with Crippen molar-refractivity contribution in [3.05, 3.63) is 35.1 Å². The summed E-state index contributed by atoms with van der Waals surface area (Å²) in [7, 11) is 0. The molecule has 0 saturated carbocycles. The van der Waals surface area contributed by atoms with Crippen LogP contribution in [0.5, 0.6) is 0 Å². The minimum atomic E-state index is -1.12. The third-order valence-electron chi connectivity index (χ3n) is 4.88. The van der Waals surface area contributed by atoms with E-state index in [1.807, 2.05) is 11.0 Å². The highest BCUT2D eigenvalue weighted by Crippen LogP contribution is 2.32. The van der Waals surface area contributed by atoms with Crippen LogP contribution in [0.3, 0.4) is 0 Å². The van der Waals surface area contributed by atoms with Gasteiger partial charge < -0.3 is 20.6 Å². The average Bonchev–Trinajstić information content (AvgIpc) is 3.04. The van der Waals surface area contributed by atoms with Gasteiger partial charge in [0.05, 0.1) is 11.6 Å². The number of carbonyl (C=O) groups excluding carboxylic acids is 1. The molecule has 1 aromatic heterocycles. The second kappa shape index (κ2) is 7.38. The first kappa shape index (κ1) is 18.9. The Morgan fingerprint density at radius 2 is 2.15 bits per heavy atom. The van der Waals surface area contributed by atoms with Crippen molar-refractivity contribution >= 4 is 28.7 Å². The Morgan fingerprint density at radius 3 is 2.81 bits per heavy atom. The fourth-order valence-electron chi connectivity index (χ4n) is 3.56. The highest BCUT2D eigenvalue weighted by Gasteiger charge is 2.28. The van der Waals surface area contributed by atoms with E-state index in [0.29, 0.717) is 30.0 Å². The lowest BCUT2D eigenvalue weighted by atomic mass is 10.0. The van der Waals surface area contributed by atoms with Crippen molar-refractivity contribution < 1.29 is 19.1 Å². The molecular formula is C19H23FN4O3. The van der Waals surface area contributed by atoms with Crippen molar-refractivity contribution in [1.82, 2.24) is 15.6 Å². The Hall–Kier alpha value is -2.90. The van der Waals surface area contributed by atoms with Crippen molar-refractivity contribution in [3.63, 3.8) is 0 Å². The Labute approximate surface area is 156 Å². The molecule has 0 spiro atoms. The number of amides is 2. The minimum absolute atomic E-state index is 0.00388. The maximum absolute atomic E-state index is 14.0. The summed E-state index contributed by atoms with van der Waals surface area (Å²) in [5.41, 5.74) is 1.73. The maximum Gasteiger partial charge on any atom is 0.405 e. The number of aromatic nitrogens is 1. The first-order chi connectivity index (χ1) is 12.8. The van der Waals surface area contributed by atoms with Gasteiger partial charge in [-0.05, 0) is 38.5 Å². The molecule has 2 aromatic rings. The van der Waals surface area contributed by atoms with Crippen LogP contribution in [0.2, 0.25) is 0 Å². The molecule has 3 N–H and O–H groups in total. The standard InChI is InChI=1S/C19H23FN4O3/c1-10-16(20)5-4-13-8-15(11(2)21-19(26)27)18(23-17(10)13)24-7-6-14(9-24)22-12(3)25/h4-5,8,11,14,21H,6-7,9H2,1-3H3,(H,22,25)(H,26,27)/t11-,14+/m0/s1. The number of carbonyl (C=O) groups is 2. The van der Waals surface area contributed by atoms with Gasteiger partial charge in [0.25, 0.3) is 0 Å². The minimum Gasteiger partial charge on any atom is -0.465 e. The Bertz CT molecular complexity index is 902. The van der Waals surface area contributed by atoms with Crippen LogP contribution in [0.1, 0.15) is 37.4 Å². The summed E-state index contributed by atoms with van der Waals surface area (Å²) >= 11 is 0. The van der Waals surface area contributed by atoms with Crippen LogP contribution in [0, 0.1) is 12.7 Å². The van der Waals surface area contributed by atoms with E-state index in [2.05, 4.69) is 10.6 Å². The smallest absolute Gasteiger partial charge is 0.405 e. The fourth-order valence-corrected chi connectivity index (χ4v) is 3.56. The number of benzene rings is 1. The molecule has 7 nitrogen and oxygen atoms in total. The number of nitrogens with one attached hydrogen (secondary N) is 2. The molecule has 27 heavy (non-hydrogen) atoms. The van der Waals surface area contributed by atoms with Crippen molar-refractivity contribution in [1.29, 1.82) is 0 Å². The molecule has 1 aliphatic heterocycles. The molecule has 144 valence electrons. The highest BCUT2D eigenvalue weighted by atomic mass is 19.1. The lowest BCUT2D eigenvalue weighted by Crippen LogP contribution is -2.36. The van der Waals surface area contributed by atoms with Gasteiger partial charge in [0.15, 0.2) is 0 Å². The van der Waals surface area contributed by atoms with Crippen LogP contribution in [0.15, 0.2) is 18.2 Å². The lowest BCUT2D eigenvalue weighted by Gasteiger charge is -2.25. The first-order valence-corrected chi connectivity index (χ1v) is 8.87. The third-order valence-corrected chi connectivity index (χ3v) is 4.88. The van der Waals surface area contributed by atoms with E-state index in [1.165, 1.54) is 13.0 Å². The van der Waals surface area contributed by atoms with E-state index in [4.69, 9.17) is 10.1 Å². The average molecular weight is 374 g/mol. The second-order valence-corrected chi connectivity index (χ2v) is 6.95. The van der Waals surface area contributed by atoms with Crippen LogP contribution in [0.25, 0.3) is 10.9 Å². The van der Waals surface area contributed by atoms with Crippen LogP contribution in [0.4, 0.5) is 15.0 Å². The van der Waals surface area contributed by atoms with Gasteiger partial charge in [0.2, 0.25) is 5.91 Å². The van der Waals surface area contributed by atoms with E-state index in [-0.39, 0.29) is 17.8 Å². The quantitative estimate of drug-likeness (QED) is 0.765. The van der Waals surface area contributed by atoms with Gasteiger partial charge in [-0.3, -0.25) is 4.79 Å². The Balaban J connectivity index is 2.06. The molecule has 1 fully saturated rings. The van der Waals surface area contributed by atoms with E-state index in [9.17, 15) is 14.0 Å². The van der Waals surface area contributed by atoms with Gasteiger partial charge in [0.1, 0.15) is 11.6 Å². The molecule has 2 atom stereocenters. The monoisotopic (exact) mass is 374 g/mol. The molecule has 0 radical (unpaired) electrons. The van der Waals surface area contributed by atoms with E-state index in [1.54, 1.807) is 19.9 Å². The number of hydrogen-bond acceptors (Lipinski definition) is 4. The Kier molecular flexibility index (Phi) is 5.16. The van der Waals surface area contributed by atoms with Gasteiger partial charge in [-0.2, -0.15) is 0 Å². The normalized spacial score (nSPS) is 17.8. The molecule has 2 heterocycles. The van der Waals surface area contributed by atoms with Crippen LogP contribution in [-0.4, -0.2) is 41.2 Å². The number of carboxylic acid groups (broad SMARTS) is 1. The molecule has 1 aromatic carbocycles. The summed E-state index contributed by atoms with van der Waals surface area (Å²) in [6.45, 7) is 6.15. The molecule has 1 aliphatic rings. The molecule has 8 heteroatoms. The number of rotatable bonds is 4. The largest absolute Gasteiger partial charge is 0.465 e. The first-order valence-electron chi connectivity index (χ1n) is 8.87. The van der Waals surface area contributed by atoms with Crippen LogP contribution >= 0.6 is 0 Å². The molecule has 3 rings (SSSR count). The molecular weight excluding hydrogens is 351 g/mol. The van der Waals surface area contributed by atoms with Crippen LogP contribution < -0.4 is 15.5 Å². The molecule has 2 amide bonds. The summed E-state index contributed by atoms with van der Waals surface area (Å²) < 4.78 is 14.0. The molecule has 0 unspecified atom stereocenters. The van der Waals surface area contributed by atoms with E-state index < -0.39 is 12.1 Å². The lowest BCUT2D eigenvalue weighted by molar-refractivity contribution is -0.119. The predicted octanol–water partition coefficient (Wildman–Crippen LogP) is 2.73. The second-order valence-electron chi connectivity index (χ2n) is 6.95. The maximum atomic E-state index is 14.0. The highest BCUT2D eigenvalue weighted by molar-refractivity contribution is 5.85. The number of anilines is 1. The van der Waals surface area contributed by atoms with Gasteiger partial charge in [0, 0.05) is 42.6 Å². The van der Waals surface area contributed by atoms with Gasteiger partial charge in [-0.1, -0.05) is 0 Å². The Morgan fingerprint density at radius 1 is 1.41 bits per heavy atom. The van der Waals surface area contributed by atoms with Crippen molar-refractivity contribution in [2.24, 2.45) is 0 Å². The fraction of sp³-hybridized carbons (Fsp3) is 0.421. The van der Waals surface area contributed by atoms with Crippen molar-refractivity contribution in [2.45, 2.75) is 39.3 Å². The van der Waals surface area contributed by atoms with Crippen LogP contribution in [-0.2, 0) is 4.79 Å². The number of fused-ring (bicyclic) bond motifs is 1. The number of hydrogen-bond donors (Lipinski definition) is 3. The van der Waals surface area contributed by atoms with Gasteiger partial charge in [-0.15, -0.1) is 0 Å².